The summed E-state index contributed by atoms with van der Waals surface area (Å²) in [5.74, 6) is 0. The van der Waals surface area contributed by atoms with E-state index in [0.29, 0.717) is 0 Å². The highest BCUT2D eigenvalue weighted by atomic mass is 14.7. The Hall–Kier alpha value is -1.11. The Kier molecular flexibility index (Phi) is 5.98. The standard InChI is InChI=1S/C11H17N/c1-5-9-12-11(4)8-7-10(3)6-2/h5-9H,1-4H3/b8-7-,9-5-,10-6-,12-11+. The van der Waals surface area contributed by atoms with E-state index in [0.717, 1.165) is 5.71 Å². The van der Waals surface area contributed by atoms with Gasteiger partial charge in [0.2, 0.25) is 0 Å². The zero-order valence-electron chi connectivity index (χ0n) is 8.33. The highest BCUT2D eigenvalue weighted by Gasteiger charge is 1.80. The molecule has 0 unspecified atom stereocenters. The van der Waals surface area contributed by atoms with Crippen LogP contribution in [0, 0.1) is 0 Å². The minimum Gasteiger partial charge on any atom is -0.262 e. The first-order valence-corrected chi connectivity index (χ1v) is 4.17. The van der Waals surface area contributed by atoms with Crippen LogP contribution in [0.3, 0.4) is 0 Å². The first-order chi connectivity index (χ1) is 5.70. The Morgan fingerprint density at radius 1 is 1.08 bits per heavy atom. The molecule has 0 N–H and O–H groups in total. The summed E-state index contributed by atoms with van der Waals surface area (Å²) in [6.45, 7) is 8.04. The van der Waals surface area contributed by atoms with Crippen LogP contribution in [-0.4, -0.2) is 5.71 Å². The molecule has 0 aliphatic heterocycles. The van der Waals surface area contributed by atoms with E-state index >= 15 is 0 Å². The smallest absolute Gasteiger partial charge is 0.0372 e. The molecule has 0 aromatic heterocycles. The zero-order valence-corrected chi connectivity index (χ0v) is 8.33. The molecular formula is C11H17N. The van der Waals surface area contributed by atoms with E-state index in [1.165, 1.54) is 5.57 Å². The number of nitrogens with zero attached hydrogens (tertiary/aromatic N) is 1. The van der Waals surface area contributed by atoms with Gasteiger partial charge in [0.25, 0.3) is 0 Å². The van der Waals surface area contributed by atoms with Crippen LogP contribution >= 0.6 is 0 Å². The second-order valence-electron chi connectivity index (χ2n) is 2.62. The molecule has 0 amide bonds. The van der Waals surface area contributed by atoms with Gasteiger partial charge in [0.1, 0.15) is 0 Å². The molecule has 0 spiro atoms. The number of rotatable bonds is 3. The molecule has 1 nitrogen and oxygen atoms in total. The zero-order chi connectivity index (χ0) is 9.40. The van der Waals surface area contributed by atoms with Gasteiger partial charge in [-0.25, -0.2) is 0 Å². The molecule has 0 aliphatic carbocycles. The average molecular weight is 163 g/mol. The quantitative estimate of drug-likeness (QED) is 0.446. The third-order valence-electron chi connectivity index (χ3n) is 1.47. The Balaban J connectivity index is 4.16. The molecule has 0 aromatic rings. The van der Waals surface area contributed by atoms with Crippen molar-refractivity contribution in [3.63, 3.8) is 0 Å². The van der Waals surface area contributed by atoms with E-state index < -0.39 is 0 Å². The van der Waals surface area contributed by atoms with Gasteiger partial charge in [-0.15, -0.1) is 0 Å². The van der Waals surface area contributed by atoms with Crippen molar-refractivity contribution in [2.45, 2.75) is 27.7 Å². The first kappa shape index (κ1) is 10.9. The molecule has 0 bridgehead atoms. The van der Waals surface area contributed by atoms with Crippen molar-refractivity contribution in [1.29, 1.82) is 0 Å². The summed E-state index contributed by atoms with van der Waals surface area (Å²) in [5, 5.41) is 0. The van der Waals surface area contributed by atoms with Crippen molar-refractivity contribution in [2.24, 2.45) is 4.99 Å². The summed E-state index contributed by atoms with van der Waals surface area (Å²) in [7, 11) is 0. The maximum Gasteiger partial charge on any atom is 0.0372 e. The lowest BCUT2D eigenvalue weighted by Crippen LogP contribution is -1.81. The van der Waals surface area contributed by atoms with Gasteiger partial charge < -0.3 is 0 Å². The van der Waals surface area contributed by atoms with Gasteiger partial charge in [-0.05, 0) is 33.8 Å². The normalized spacial score (nSPS) is 15.0. The highest BCUT2D eigenvalue weighted by Crippen LogP contribution is 1.94. The maximum absolute atomic E-state index is 4.17. The van der Waals surface area contributed by atoms with Crippen molar-refractivity contribution >= 4 is 5.71 Å². The van der Waals surface area contributed by atoms with Crippen LogP contribution in [-0.2, 0) is 0 Å². The fraction of sp³-hybridized carbons (Fsp3) is 0.364. The Labute approximate surface area is 75.2 Å². The number of allylic oxidation sites excluding steroid dienone is 5. The lowest BCUT2D eigenvalue weighted by Gasteiger charge is -1.89. The van der Waals surface area contributed by atoms with E-state index in [4.69, 9.17) is 0 Å². The van der Waals surface area contributed by atoms with Crippen LogP contribution in [0.1, 0.15) is 27.7 Å². The third-order valence-corrected chi connectivity index (χ3v) is 1.47. The van der Waals surface area contributed by atoms with Crippen molar-refractivity contribution in [1.82, 2.24) is 0 Å². The van der Waals surface area contributed by atoms with Gasteiger partial charge in [-0.3, -0.25) is 4.99 Å². The van der Waals surface area contributed by atoms with Gasteiger partial charge in [-0.1, -0.05) is 23.8 Å². The minimum atomic E-state index is 1.02. The topological polar surface area (TPSA) is 12.4 Å². The lowest BCUT2D eigenvalue weighted by molar-refractivity contribution is 1.47. The fourth-order valence-electron chi connectivity index (χ4n) is 0.583. The van der Waals surface area contributed by atoms with Crippen molar-refractivity contribution < 1.29 is 0 Å². The van der Waals surface area contributed by atoms with E-state index in [1.807, 2.05) is 32.9 Å². The number of aliphatic imine (C=N–C) groups is 1. The Bertz CT molecular complexity index is 229. The van der Waals surface area contributed by atoms with E-state index in [2.05, 4.69) is 24.1 Å². The van der Waals surface area contributed by atoms with E-state index in [1.54, 1.807) is 6.20 Å². The predicted octanol–water partition coefficient (Wildman–Crippen LogP) is 3.50. The van der Waals surface area contributed by atoms with Crippen molar-refractivity contribution in [2.75, 3.05) is 0 Å². The number of hydrogen-bond acceptors (Lipinski definition) is 1. The second-order valence-corrected chi connectivity index (χ2v) is 2.62. The van der Waals surface area contributed by atoms with E-state index in [-0.39, 0.29) is 0 Å². The molecule has 0 saturated carbocycles. The number of hydrogen-bond donors (Lipinski definition) is 0. The van der Waals surface area contributed by atoms with Crippen LogP contribution < -0.4 is 0 Å². The lowest BCUT2D eigenvalue weighted by atomic mass is 10.2. The van der Waals surface area contributed by atoms with Crippen LogP contribution in [0.15, 0.2) is 41.1 Å². The fourth-order valence-corrected chi connectivity index (χ4v) is 0.583. The summed E-state index contributed by atoms with van der Waals surface area (Å²) in [4.78, 5) is 4.17. The van der Waals surface area contributed by atoms with Gasteiger partial charge in [0.05, 0.1) is 0 Å². The molecule has 0 aliphatic rings. The van der Waals surface area contributed by atoms with Crippen LogP contribution in [0.5, 0.6) is 0 Å². The van der Waals surface area contributed by atoms with Gasteiger partial charge >= 0.3 is 0 Å². The molecule has 12 heavy (non-hydrogen) atoms. The molecule has 0 atom stereocenters. The summed E-state index contributed by atoms with van der Waals surface area (Å²) in [6.07, 6.45) is 9.85. The molecule has 1 heteroatoms. The molecule has 0 saturated heterocycles. The third kappa shape index (κ3) is 5.66. The molecule has 0 heterocycles. The van der Waals surface area contributed by atoms with Crippen LogP contribution in [0.2, 0.25) is 0 Å². The highest BCUT2D eigenvalue weighted by molar-refractivity contribution is 5.93. The van der Waals surface area contributed by atoms with E-state index in [9.17, 15) is 0 Å². The molecule has 66 valence electrons. The Morgan fingerprint density at radius 3 is 2.25 bits per heavy atom. The van der Waals surface area contributed by atoms with Crippen LogP contribution in [0.4, 0.5) is 0 Å². The first-order valence-electron chi connectivity index (χ1n) is 4.17. The minimum absolute atomic E-state index is 1.02. The molecular weight excluding hydrogens is 146 g/mol. The summed E-state index contributed by atoms with van der Waals surface area (Å²) in [6, 6.07) is 0. The summed E-state index contributed by atoms with van der Waals surface area (Å²) >= 11 is 0. The monoisotopic (exact) mass is 163 g/mol. The maximum atomic E-state index is 4.17. The predicted molar refractivity (Wildman–Crippen MR) is 56.5 cm³/mol. The average Bonchev–Trinajstić information content (AvgIpc) is 2.10. The van der Waals surface area contributed by atoms with Crippen molar-refractivity contribution in [3.8, 4) is 0 Å². The van der Waals surface area contributed by atoms with Crippen molar-refractivity contribution in [3.05, 3.63) is 36.1 Å². The molecule has 0 radical (unpaired) electrons. The second kappa shape index (κ2) is 6.59. The Morgan fingerprint density at radius 2 is 1.75 bits per heavy atom. The SMILES string of the molecule is C\C=C/N=C(C)/C=C\C(C)=C/C. The molecule has 0 rings (SSSR count). The molecule has 0 fully saturated rings. The summed E-state index contributed by atoms with van der Waals surface area (Å²) in [5.41, 5.74) is 2.28. The van der Waals surface area contributed by atoms with Gasteiger partial charge in [0, 0.05) is 11.9 Å². The summed E-state index contributed by atoms with van der Waals surface area (Å²) < 4.78 is 0. The largest absolute Gasteiger partial charge is 0.262 e. The molecule has 0 aromatic carbocycles. The van der Waals surface area contributed by atoms with Gasteiger partial charge in [-0.2, -0.15) is 0 Å². The van der Waals surface area contributed by atoms with Gasteiger partial charge in [0.15, 0.2) is 0 Å². The van der Waals surface area contributed by atoms with Crippen LogP contribution in [0.25, 0.3) is 0 Å².